The Kier molecular flexibility index (Phi) is 6.61. The molecule has 0 saturated carbocycles. The highest BCUT2D eigenvalue weighted by Crippen LogP contribution is 2.18. The number of carbonyl (C=O) groups is 2. The molecule has 0 spiro atoms. The van der Waals surface area contributed by atoms with Gasteiger partial charge in [0.2, 0.25) is 0 Å². The van der Waals surface area contributed by atoms with Crippen LogP contribution in [-0.2, 0) is 11.2 Å². The van der Waals surface area contributed by atoms with Crippen LogP contribution in [-0.4, -0.2) is 23.5 Å². The third kappa shape index (κ3) is 6.13. The molecule has 0 aromatic heterocycles. The van der Waals surface area contributed by atoms with Crippen LogP contribution in [0.5, 0.6) is 5.75 Å². The smallest absolute Gasteiger partial charge is 0.265 e. The predicted octanol–water partition coefficient (Wildman–Crippen LogP) is 4.18. The summed E-state index contributed by atoms with van der Waals surface area (Å²) in [4.78, 5) is 25.0. The van der Waals surface area contributed by atoms with Crippen molar-refractivity contribution in [3.63, 3.8) is 0 Å². The minimum Gasteiger partial charge on any atom is -0.481 e. The van der Waals surface area contributed by atoms with Gasteiger partial charge in [0.15, 0.2) is 6.10 Å². The van der Waals surface area contributed by atoms with Gasteiger partial charge in [-0.25, -0.2) is 0 Å². The van der Waals surface area contributed by atoms with Gasteiger partial charge in [-0.1, -0.05) is 31.2 Å². The van der Waals surface area contributed by atoms with Crippen LogP contribution >= 0.6 is 0 Å². The van der Waals surface area contributed by atoms with Gasteiger partial charge in [0, 0.05) is 5.54 Å². The normalized spacial score (nSPS) is 12.2. The molecule has 2 N–H and O–H groups in total. The van der Waals surface area contributed by atoms with Crippen molar-refractivity contribution in [1.29, 1.82) is 0 Å². The Balaban J connectivity index is 2.07. The zero-order chi connectivity index (χ0) is 20.0. The molecular weight excluding hydrogens is 340 g/mol. The maximum Gasteiger partial charge on any atom is 0.265 e. The van der Waals surface area contributed by atoms with Crippen molar-refractivity contribution in [2.75, 3.05) is 5.32 Å². The van der Waals surface area contributed by atoms with Gasteiger partial charge in [-0.3, -0.25) is 9.59 Å². The van der Waals surface area contributed by atoms with Gasteiger partial charge in [-0.2, -0.15) is 0 Å². The fourth-order valence-electron chi connectivity index (χ4n) is 2.49. The number of hydrogen-bond acceptors (Lipinski definition) is 3. The summed E-state index contributed by atoms with van der Waals surface area (Å²) in [5.74, 6) is 0.0845. The van der Waals surface area contributed by atoms with Gasteiger partial charge in [-0.05, 0) is 63.9 Å². The largest absolute Gasteiger partial charge is 0.481 e. The lowest BCUT2D eigenvalue weighted by molar-refractivity contribution is -0.122. The van der Waals surface area contributed by atoms with Gasteiger partial charge < -0.3 is 15.4 Å². The van der Waals surface area contributed by atoms with Crippen LogP contribution in [0.3, 0.4) is 0 Å². The number of ether oxygens (including phenoxy) is 1. The summed E-state index contributed by atoms with van der Waals surface area (Å²) < 4.78 is 5.72. The maximum atomic E-state index is 12.5. The fraction of sp³-hybridized carbons (Fsp3) is 0.364. The average molecular weight is 368 g/mol. The zero-order valence-corrected chi connectivity index (χ0v) is 16.6. The van der Waals surface area contributed by atoms with E-state index in [9.17, 15) is 9.59 Å². The van der Waals surface area contributed by atoms with E-state index in [0.717, 1.165) is 6.42 Å². The highest BCUT2D eigenvalue weighted by atomic mass is 16.5. The van der Waals surface area contributed by atoms with E-state index < -0.39 is 6.10 Å². The Bertz CT molecular complexity index is 792. The first-order chi connectivity index (χ1) is 12.7. The fourth-order valence-corrected chi connectivity index (χ4v) is 2.49. The van der Waals surface area contributed by atoms with E-state index in [1.54, 1.807) is 31.2 Å². The van der Waals surface area contributed by atoms with Gasteiger partial charge in [0.05, 0.1) is 11.3 Å². The molecule has 0 saturated heterocycles. The lowest BCUT2D eigenvalue weighted by Crippen LogP contribution is -2.41. The third-order valence-corrected chi connectivity index (χ3v) is 3.93. The predicted molar refractivity (Wildman–Crippen MR) is 108 cm³/mol. The van der Waals surface area contributed by atoms with Crippen molar-refractivity contribution < 1.29 is 14.3 Å². The summed E-state index contributed by atoms with van der Waals surface area (Å²) in [5, 5.41) is 5.70. The topological polar surface area (TPSA) is 67.4 Å². The van der Waals surface area contributed by atoms with Crippen molar-refractivity contribution in [3.05, 3.63) is 59.7 Å². The Morgan fingerprint density at radius 3 is 2.26 bits per heavy atom. The lowest BCUT2D eigenvalue weighted by atomic mass is 10.1. The van der Waals surface area contributed by atoms with E-state index in [2.05, 4.69) is 17.6 Å². The lowest BCUT2D eigenvalue weighted by Gasteiger charge is -2.22. The Morgan fingerprint density at radius 2 is 1.67 bits per heavy atom. The second-order valence-corrected chi connectivity index (χ2v) is 7.50. The quantitative estimate of drug-likeness (QED) is 0.804. The number of hydrogen-bond donors (Lipinski definition) is 2. The molecule has 5 heteroatoms. The number of benzene rings is 2. The van der Waals surface area contributed by atoms with Crippen LogP contribution in [0.15, 0.2) is 48.5 Å². The van der Waals surface area contributed by atoms with Crippen molar-refractivity contribution in [2.24, 2.45) is 0 Å². The summed E-state index contributed by atoms with van der Waals surface area (Å²) >= 11 is 0. The Morgan fingerprint density at radius 1 is 1.04 bits per heavy atom. The highest BCUT2D eigenvalue weighted by Gasteiger charge is 2.21. The molecule has 0 heterocycles. The molecule has 2 aromatic carbocycles. The number of carbonyl (C=O) groups excluding carboxylic acids is 2. The first-order valence-electron chi connectivity index (χ1n) is 9.17. The summed E-state index contributed by atoms with van der Waals surface area (Å²) in [6, 6.07) is 14.6. The van der Waals surface area contributed by atoms with Gasteiger partial charge in [0.1, 0.15) is 5.75 Å². The molecular formula is C22H28N2O3. The monoisotopic (exact) mass is 368 g/mol. The third-order valence-electron chi connectivity index (χ3n) is 3.93. The summed E-state index contributed by atoms with van der Waals surface area (Å²) in [6.45, 7) is 9.49. The second kappa shape index (κ2) is 8.71. The first kappa shape index (κ1) is 20.5. The van der Waals surface area contributed by atoms with Crippen molar-refractivity contribution in [3.8, 4) is 5.75 Å². The zero-order valence-electron chi connectivity index (χ0n) is 16.6. The SMILES string of the molecule is CCc1ccc(O[C@H](C)C(=O)Nc2ccccc2C(=O)NC(C)(C)C)cc1. The number of anilines is 1. The van der Waals surface area contributed by atoms with E-state index in [1.165, 1.54) is 5.56 Å². The summed E-state index contributed by atoms with van der Waals surface area (Å²) in [6.07, 6.45) is 0.250. The molecule has 2 amide bonds. The number of amides is 2. The van der Waals surface area contributed by atoms with Crippen molar-refractivity contribution in [1.82, 2.24) is 5.32 Å². The van der Waals surface area contributed by atoms with Crippen LogP contribution in [0.25, 0.3) is 0 Å². The first-order valence-corrected chi connectivity index (χ1v) is 9.17. The molecule has 144 valence electrons. The number of nitrogens with one attached hydrogen (secondary N) is 2. The van der Waals surface area contributed by atoms with E-state index in [1.807, 2.05) is 45.0 Å². The average Bonchev–Trinajstić information content (AvgIpc) is 2.61. The Labute approximate surface area is 161 Å². The molecule has 0 unspecified atom stereocenters. The minimum absolute atomic E-state index is 0.234. The standard InChI is InChI=1S/C22H28N2O3/c1-6-16-11-13-17(14-12-16)27-15(2)20(25)23-19-10-8-7-9-18(19)21(26)24-22(3,4)5/h7-15H,6H2,1-5H3,(H,23,25)(H,24,26)/t15-/m1/s1. The second-order valence-electron chi connectivity index (χ2n) is 7.50. The van der Waals surface area contributed by atoms with Crippen LogP contribution in [0, 0.1) is 0 Å². The number of aryl methyl sites for hydroxylation is 1. The molecule has 2 aromatic rings. The molecule has 0 aliphatic rings. The minimum atomic E-state index is -0.698. The van der Waals surface area contributed by atoms with E-state index in [-0.39, 0.29) is 17.4 Å². The molecule has 5 nitrogen and oxygen atoms in total. The van der Waals surface area contributed by atoms with Gasteiger partial charge in [-0.15, -0.1) is 0 Å². The van der Waals surface area contributed by atoms with Gasteiger partial charge in [0.25, 0.3) is 11.8 Å². The molecule has 0 bridgehead atoms. The molecule has 0 radical (unpaired) electrons. The molecule has 0 aliphatic heterocycles. The summed E-state index contributed by atoms with van der Waals surface area (Å²) in [7, 11) is 0. The van der Waals surface area contributed by atoms with E-state index in [4.69, 9.17) is 4.74 Å². The van der Waals surface area contributed by atoms with Crippen molar-refractivity contribution >= 4 is 17.5 Å². The molecule has 1 atom stereocenters. The number of rotatable bonds is 6. The van der Waals surface area contributed by atoms with Gasteiger partial charge >= 0.3 is 0 Å². The molecule has 2 rings (SSSR count). The molecule has 0 aliphatic carbocycles. The number of para-hydroxylation sites is 1. The van der Waals surface area contributed by atoms with Crippen LogP contribution in [0.2, 0.25) is 0 Å². The summed E-state index contributed by atoms with van der Waals surface area (Å²) in [5.41, 5.74) is 1.72. The van der Waals surface area contributed by atoms with E-state index in [0.29, 0.717) is 17.0 Å². The highest BCUT2D eigenvalue weighted by molar-refractivity contribution is 6.04. The Hall–Kier alpha value is -2.82. The molecule has 27 heavy (non-hydrogen) atoms. The van der Waals surface area contributed by atoms with Crippen molar-refractivity contribution in [2.45, 2.75) is 52.7 Å². The molecule has 0 fully saturated rings. The van der Waals surface area contributed by atoms with Crippen LogP contribution < -0.4 is 15.4 Å². The van der Waals surface area contributed by atoms with Crippen LogP contribution in [0.1, 0.15) is 50.5 Å². The van der Waals surface area contributed by atoms with E-state index >= 15 is 0 Å². The maximum absolute atomic E-state index is 12.5. The van der Waals surface area contributed by atoms with Crippen LogP contribution in [0.4, 0.5) is 5.69 Å².